The molecule has 2 aliphatic rings. The van der Waals surface area contributed by atoms with E-state index in [9.17, 15) is 8.78 Å². The fourth-order valence-electron chi connectivity index (χ4n) is 3.17. The van der Waals surface area contributed by atoms with Crippen LogP contribution in [0, 0.1) is 5.41 Å². The minimum Gasteiger partial charge on any atom is -0.304 e. The summed E-state index contributed by atoms with van der Waals surface area (Å²) < 4.78 is 28.5. The van der Waals surface area contributed by atoms with Crippen molar-refractivity contribution in [3.8, 4) is 0 Å². The molecule has 0 aromatic heterocycles. The van der Waals surface area contributed by atoms with Crippen LogP contribution in [0.1, 0.15) is 33.6 Å². The zero-order valence-electron chi connectivity index (χ0n) is 11.2. The molecule has 0 aromatic carbocycles. The lowest BCUT2D eigenvalue weighted by Crippen LogP contribution is -2.49. The summed E-state index contributed by atoms with van der Waals surface area (Å²) in [6, 6.07) is 0.226. The summed E-state index contributed by atoms with van der Waals surface area (Å²) in [6.45, 7) is 9.30. The highest BCUT2D eigenvalue weighted by Crippen LogP contribution is 2.50. The van der Waals surface area contributed by atoms with Gasteiger partial charge in [-0.2, -0.15) is 0 Å². The number of halogens is 2. The molecule has 2 saturated heterocycles. The number of piperidine rings is 1. The first-order chi connectivity index (χ1) is 7.90. The van der Waals surface area contributed by atoms with Crippen molar-refractivity contribution in [1.82, 2.24) is 9.80 Å². The second kappa shape index (κ2) is 4.47. The Bertz CT molecular complexity index is 271. The van der Waals surface area contributed by atoms with E-state index in [1.807, 2.05) is 18.7 Å². The van der Waals surface area contributed by atoms with Crippen LogP contribution in [0.2, 0.25) is 0 Å². The Labute approximate surface area is 103 Å². The Balaban J connectivity index is 2.09. The van der Waals surface area contributed by atoms with Crippen LogP contribution in [-0.2, 0) is 0 Å². The summed E-state index contributed by atoms with van der Waals surface area (Å²) in [5, 5.41) is 0. The van der Waals surface area contributed by atoms with Gasteiger partial charge < -0.3 is 4.90 Å². The Morgan fingerprint density at radius 2 is 1.71 bits per heavy atom. The Hall–Kier alpha value is -0.220. The number of likely N-dealkylation sites (tertiary alicyclic amines) is 2. The molecule has 2 aliphatic heterocycles. The molecule has 0 unspecified atom stereocenters. The van der Waals surface area contributed by atoms with Crippen LogP contribution in [0.25, 0.3) is 0 Å². The van der Waals surface area contributed by atoms with Crippen LogP contribution in [-0.4, -0.2) is 54.5 Å². The maximum absolute atomic E-state index is 14.3. The van der Waals surface area contributed by atoms with Crippen molar-refractivity contribution in [3.05, 3.63) is 0 Å². The average Bonchev–Trinajstić information content (AvgIpc) is 2.53. The first-order valence-corrected chi connectivity index (χ1v) is 6.74. The lowest BCUT2D eigenvalue weighted by molar-refractivity contribution is -0.109. The first kappa shape index (κ1) is 13.2. The molecule has 2 nitrogen and oxygen atoms in total. The SMILES string of the molecule is CCN1CCC2(CC1)CN(C(C)C)CC2(F)F. The average molecular weight is 246 g/mol. The van der Waals surface area contributed by atoms with Crippen molar-refractivity contribution < 1.29 is 8.78 Å². The molecule has 17 heavy (non-hydrogen) atoms. The van der Waals surface area contributed by atoms with E-state index < -0.39 is 11.3 Å². The van der Waals surface area contributed by atoms with Gasteiger partial charge in [0.2, 0.25) is 0 Å². The van der Waals surface area contributed by atoms with Crippen molar-refractivity contribution in [2.75, 3.05) is 32.7 Å². The van der Waals surface area contributed by atoms with Crippen molar-refractivity contribution in [2.45, 2.75) is 45.6 Å². The first-order valence-electron chi connectivity index (χ1n) is 6.74. The van der Waals surface area contributed by atoms with E-state index in [1.54, 1.807) is 0 Å². The molecule has 2 fully saturated rings. The number of rotatable bonds is 2. The summed E-state index contributed by atoms with van der Waals surface area (Å²) in [5.41, 5.74) is -0.747. The van der Waals surface area contributed by atoms with E-state index in [1.165, 1.54) is 0 Å². The number of nitrogens with zero attached hydrogens (tertiary/aromatic N) is 2. The molecule has 0 saturated carbocycles. The molecule has 1 spiro atoms. The number of alkyl halides is 2. The summed E-state index contributed by atoms with van der Waals surface area (Å²) in [5.74, 6) is -2.50. The van der Waals surface area contributed by atoms with Gasteiger partial charge in [-0.05, 0) is 46.3 Å². The van der Waals surface area contributed by atoms with E-state index in [0.29, 0.717) is 19.4 Å². The smallest absolute Gasteiger partial charge is 0.267 e. The summed E-state index contributed by atoms with van der Waals surface area (Å²) in [7, 11) is 0. The highest BCUT2D eigenvalue weighted by Gasteiger charge is 2.60. The largest absolute Gasteiger partial charge is 0.304 e. The molecule has 0 amide bonds. The highest BCUT2D eigenvalue weighted by atomic mass is 19.3. The molecular formula is C13H24F2N2. The van der Waals surface area contributed by atoms with Gasteiger partial charge in [-0.25, -0.2) is 8.78 Å². The molecule has 2 rings (SSSR count). The van der Waals surface area contributed by atoms with E-state index in [4.69, 9.17) is 0 Å². The fourth-order valence-corrected chi connectivity index (χ4v) is 3.17. The van der Waals surface area contributed by atoms with E-state index >= 15 is 0 Å². The zero-order valence-corrected chi connectivity index (χ0v) is 11.2. The van der Waals surface area contributed by atoms with Gasteiger partial charge >= 0.3 is 0 Å². The summed E-state index contributed by atoms with van der Waals surface area (Å²) in [4.78, 5) is 4.22. The molecular weight excluding hydrogens is 222 g/mol. The summed E-state index contributed by atoms with van der Waals surface area (Å²) >= 11 is 0. The predicted molar refractivity (Wildman–Crippen MR) is 65.4 cm³/mol. The lowest BCUT2D eigenvalue weighted by Gasteiger charge is -2.41. The van der Waals surface area contributed by atoms with Crippen LogP contribution >= 0.6 is 0 Å². The maximum Gasteiger partial charge on any atom is 0.267 e. The minimum absolute atomic E-state index is 0.0448. The molecule has 0 radical (unpaired) electrons. The van der Waals surface area contributed by atoms with E-state index in [2.05, 4.69) is 11.8 Å². The molecule has 4 heteroatoms. The Morgan fingerprint density at radius 3 is 2.12 bits per heavy atom. The van der Waals surface area contributed by atoms with Gasteiger partial charge in [-0.3, -0.25) is 4.90 Å². The van der Waals surface area contributed by atoms with Crippen LogP contribution in [0.4, 0.5) is 8.78 Å². The van der Waals surface area contributed by atoms with Gasteiger partial charge in [-0.15, -0.1) is 0 Å². The highest BCUT2D eigenvalue weighted by molar-refractivity contribution is 5.05. The molecule has 0 aliphatic carbocycles. The third-order valence-corrected chi connectivity index (χ3v) is 4.67. The molecule has 0 bridgehead atoms. The quantitative estimate of drug-likeness (QED) is 0.738. The van der Waals surface area contributed by atoms with Crippen LogP contribution in [0.5, 0.6) is 0 Å². The molecule has 2 heterocycles. The number of hydrogen-bond acceptors (Lipinski definition) is 2. The normalized spacial score (nSPS) is 29.3. The molecule has 0 atom stereocenters. The third-order valence-electron chi connectivity index (χ3n) is 4.67. The molecule has 0 aromatic rings. The summed E-state index contributed by atoms with van der Waals surface area (Å²) in [6.07, 6.45) is 1.30. The van der Waals surface area contributed by atoms with E-state index in [0.717, 1.165) is 19.6 Å². The van der Waals surface area contributed by atoms with Gasteiger partial charge in [-0.1, -0.05) is 6.92 Å². The topological polar surface area (TPSA) is 6.48 Å². The van der Waals surface area contributed by atoms with Crippen LogP contribution in [0.3, 0.4) is 0 Å². The predicted octanol–water partition coefficient (Wildman–Crippen LogP) is 2.45. The second-order valence-corrected chi connectivity index (χ2v) is 5.92. The fraction of sp³-hybridized carbons (Fsp3) is 1.00. The zero-order chi connectivity index (χ0) is 12.7. The van der Waals surface area contributed by atoms with Crippen molar-refractivity contribution in [3.63, 3.8) is 0 Å². The molecule has 100 valence electrons. The van der Waals surface area contributed by atoms with Gasteiger partial charge in [0.05, 0.1) is 12.0 Å². The van der Waals surface area contributed by atoms with Crippen LogP contribution < -0.4 is 0 Å². The Kier molecular flexibility index (Phi) is 3.47. The van der Waals surface area contributed by atoms with Gasteiger partial charge in [0.15, 0.2) is 0 Å². The van der Waals surface area contributed by atoms with Gasteiger partial charge in [0.1, 0.15) is 0 Å². The van der Waals surface area contributed by atoms with Gasteiger partial charge in [0, 0.05) is 12.6 Å². The molecule has 0 N–H and O–H groups in total. The van der Waals surface area contributed by atoms with Crippen molar-refractivity contribution in [1.29, 1.82) is 0 Å². The lowest BCUT2D eigenvalue weighted by atomic mass is 9.75. The number of hydrogen-bond donors (Lipinski definition) is 0. The monoisotopic (exact) mass is 246 g/mol. The van der Waals surface area contributed by atoms with Crippen LogP contribution in [0.15, 0.2) is 0 Å². The van der Waals surface area contributed by atoms with Gasteiger partial charge in [0.25, 0.3) is 5.92 Å². The van der Waals surface area contributed by atoms with E-state index in [-0.39, 0.29) is 12.6 Å². The minimum atomic E-state index is -2.50. The third kappa shape index (κ3) is 2.22. The second-order valence-electron chi connectivity index (χ2n) is 5.92. The van der Waals surface area contributed by atoms with Crippen molar-refractivity contribution in [2.24, 2.45) is 5.41 Å². The van der Waals surface area contributed by atoms with Crippen molar-refractivity contribution >= 4 is 0 Å². The Morgan fingerprint density at radius 1 is 1.12 bits per heavy atom. The standard InChI is InChI=1S/C13H24F2N2/c1-4-16-7-5-12(6-8-16)9-17(11(2)3)10-13(12,14)15/h11H,4-10H2,1-3H3. The maximum atomic E-state index is 14.3.